The molecule has 124 valence electrons. The molecule has 0 unspecified atom stereocenters. The van der Waals surface area contributed by atoms with Gasteiger partial charge in [0, 0.05) is 27.9 Å². The van der Waals surface area contributed by atoms with Gasteiger partial charge < -0.3 is 11.1 Å². The fraction of sp³-hybridized carbons (Fsp3) is 0. The molecule has 0 radical (unpaired) electrons. The lowest BCUT2D eigenvalue weighted by Gasteiger charge is -2.10. The van der Waals surface area contributed by atoms with Crippen LogP contribution < -0.4 is 11.1 Å². The molecular weight excluding hydrogens is 360 g/mol. The molecule has 0 bridgehead atoms. The number of nitrogens with two attached hydrogens (primary N) is 1. The van der Waals surface area contributed by atoms with Gasteiger partial charge in [0.25, 0.3) is 0 Å². The maximum atomic E-state index is 6.37. The second-order valence-corrected chi connectivity index (χ2v) is 6.42. The van der Waals surface area contributed by atoms with Crippen LogP contribution >= 0.6 is 23.5 Å². The third-order valence-electron chi connectivity index (χ3n) is 3.33. The number of nitrogen functional groups attached to an aromatic ring is 1. The van der Waals surface area contributed by atoms with Gasteiger partial charge in [-0.1, -0.05) is 16.8 Å². The first kappa shape index (κ1) is 15.6. The lowest BCUT2D eigenvalue weighted by atomic mass is 10.2. The predicted molar refractivity (Wildman–Crippen MR) is 97.8 cm³/mol. The van der Waals surface area contributed by atoms with Crippen LogP contribution in [0.25, 0.3) is 10.9 Å². The Morgan fingerprint density at radius 1 is 1.16 bits per heavy atom. The van der Waals surface area contributed by atoms with Gasteiger partial charge in [-0.15, -0.1) is 5.10 Å². The van der Waals surface area contributed by atoms with E-state index in [0.717, 1.165) is 16.0 Å². The number of nitrogens with one attached hydrogen (secondary N) is 1. The highest BCUT2D eigenvalue weighted by Crippen LogP contribution is 2.32. The zero-order valence-corrected chi connectivity index (χ0v) is 14.2. The van der Waals surface area contributed by atoms with Gasteiger partial charge in [0.05, 0.1) is 29.1 Å². The Bertz CT molecular complexity index is 1040. The summed E-state index contributed by atoms with van der Waals surface area (Å²) in [7, 11) is 0. The highest BCUT2D eigenvalue weighted by Gasteiger charge is 2.08. The van der Waals surface area contributed by atoms with E-state index in [1.54, 1.807) is 28.7 Å². The van der Waals surface area contributed by atoms with Crippen molar-refractivity contribution in [1.29, 1.82) is 0 Å². The minimum atomic E-state index is 0.406. The van der Waals surface area contributed by atoms with E-state index < -0.39 is 0 Å². The molecule has 25 heavy (non-hydrogen) atoms. The SMILES string of the molecule is Nc1cc2c(Nc3ccc(Sn4ccnn4)c(Cl)c3)ncnc2cn1. The molecule has 0 fully saturated rings. The summed E-state index contributed by atoms with van der Waals surface area (Å²) in [5.74, 6) is 1.04. The van der Waals surface area contributed by atoms with E-state index >= 15 is 0 Å². The van der Waals surface area contributed by atoms with Crippen molar-refractivity contribution >= 4 is 51.8 Å². The number of nitrogens with zero attached hydrogens (tertiary/aromatic N) is 6. The molecule has 4 aromatic rings. The van der Waals surface area contributed by atoms with Crippen molar-refractivity contribution in [3.63, 3.8) is 0 Å². The highest BCUT2D eigenvalue weighted by molar-refractivity contribution is 7.97. The van der Waals surface area contributed by atoms with Crippen LogP contribution in [-0.4, -0.2) is 29.4 Å². The van der Waals surface area contributed by atoms with Gasteiger partial charge in [-0.25, -0.2) is 15.0 Å². The van der Waals surface area contributed by atoms with Crippen molar-refractivity contribution in [2.24, 2.45) is 0 Å². The molecule has 3 heterocycles. The van der Waals surface area contributed by atoms with Gasteiger partial charge in [0.1, 0.15) is 18.0 Å². The zero-order valence-electron chi connectivity index (χ0n) is 12.7. The van der Waals surface area contributed by atoms with Gasteiger partial charge in [0.15, 0.2) is 0 Å². The molecule has 0 aliphatic carbocycles. The summed E-state index contributed by atoms with van der Waals surface area (Å²) in [6, 6.07) is 7.35. The molecule has 0 spiro atoms. The number of anilines is 3. The van der Waals surface area contributed by atoms with Crippen molar-refractivity contribution in [2.75, 3.05) is 11.1 Å². The molecule has 4 rings (SSSR count). The minimum absolute atomic E-state index is 0.406. The number of fused-ring (bicyclic) bond motifs is 1. The van der Waals surface area contributed by atoms with E-state index in [1.165, 1.54) is 18.3 Å². The normalized spacial score (nSPS) is 10.9. The summed E-state index contributed by atoms with van der Waals surface area (Å²) >= 11 is 7.74. The minimum Gasteiger partial charge on any atom is -0.384 e. The van der Waals surface area contributed by atoms with Gasteiger partial charge in [-0.3, -0.25) is 0 Å². The zero-order chi connectivity index (χ0) is 17.2. The molecule has 0 saturated heterocycles. The Hall–Kier alpha value is -2.91. The smallest absolute Gasteiger partial charge is 0.141 e. The van der Waals surface area contributed by atoms with E-state index in [-0.39, 0.29) is 0 Å². The van der Waals surface area contributed by atoms with Crippen LogP contribution in [0.15, 0.2) is 54.1 Å². The van der Waals surface area contributed by atoms with Gasteiger partial charge in [0.2, 0.25) is 0 Å². The fourth-order valence-corrected chi connectivity index (χ4v) is 3.17. The summed E-state index contributed by atoms with van der Waals surface area (Å²) in [4.78, 5) is 13.4. The molecule has 1 aromatic carbocycles. The lowest BCUT2D eigenvalue weighted by Crippen LogP contribution is -1.98. The van der Waals surface area contributed by atoms with Crippen LogP contribution in [0, 0.1) is 0 Å². The Kier molecular flexibility index (Phi) is 4.08. The van der Waals surface area contributed by atoms with E-state index in [0.29, 0.717) is 22.2 Å². The summed E-state index contributed by atoms with van der Waals surface area (Å²) in [5.41, 5.74) is 7.26. The van der Waals surface area contributed by atoms with Crippen molar-refractivity contribution in [2.45, 2.75) is 4.90 Å². The van der Waals surface area contributed by atoms with Gasteiger partial charge in [-0.2, -0.15) is 4.09 Å². The molecular formula is C15H11ClN8S. The fourth-order valence-electron chi connectivity index (χ4n) is 2.21. The number of hydrogen-bond acceptors (Lipinski definition) is 8. The maximum absolute atomic E-state index is 6.37. The lowest BCUT2D eigenvalue weighted by molar-refractivity contribution is 0.889. The standard InChI is InChI=1S/C15H11ClN8S/c16-11-5-9(1-2-13(11)25-24-4-3-21-23-24)22-15-10-6-14(17)18-7-12(10)19-8-20-15/h1-8H,(H2,17,18)(H,19,20,22). The molecule has 3 aromatic heterocycles. The average molecular weight is 371 g/mol. The van der Waals surface area contributed by atoms with Crippen LogP contribution in [0.1, 0.15) is 0 Å². The number of hydrogen-bond donors (Lipinski definition) is 2. The average Bonchev–Trinajstić information content (AvgIpc) is 3.11. The van der Waals surface area contributed by atoms with Crippen molar-refractivity contribution in [3.8, 4) is 0 Å². The quantitative estimate of drug-likeness (QED) is 0.564. The molecule has 0 atom stereocenters. The Morgan fingerprint density at radius 2 is 2.08 bits per heavy atom. The van der Waals surface area contributed by atoms with E-state index in [9.17, 15) is 0 Å². The third-order valence-corrected chi connectivity index (χ3v) is 4.69. The third kappa shape index (κ3) is 3.32. The second-order valence-electron chi connectivity index (χ2n) is 5.02. The van der Waals surface area contributed by atoms with Crippen LogP contribution in [0.4, 0.5) is 17.3 Å². The topological polar surface area (TPSA) is 107 Å². The highest BCUT2D eigenvalue weighted by atomic mass is 35.5. The number of pyridine rings is 1. The number of rotatable bonds is 4. The summed E-state index contributed by atoms with van der Waals surface area (Å²) in [5, 5.41) is 12.3. The van der Waals surface area contributed by atoms with Crippen molar-refractivity contribution in [3.05, 3.63) is 54.2 Å². The molecule has 0 amide bonds. The number of aromatic nitrogens is 6. The van der Waals surface area contributed by atoms with Crippen LogP contribution in [0.3, 0.4) is 0 Å². The van der Waals surface area contributed by atoms with Crippen LogP contribution in [-0.2, 0) is 0 Å². The van der Waals surface area contributed by atoms with E-state index in [2.05, 4.69) is 30.6 Å². The van der Waals surface area contributed by atoms with Crippen LogP contribution in [0.5, 0.6) is 0 Å². The van der Waals surface area contributed by atoms with Gasteiger partial charge >= 0.3 is 0 Å². The van der Waals surface area contributed by atoms with Gasteiger partial charge in [-0.05, 0) is 24.3 Å². The number of halogens is 1. The summed E-state index contributed by atoms with van der Waals surface area (Å²) in [6.07, 6.45) is 6.44. The summed E-state index contributed by atoms with van der Waals surface area (Å²) < 4.78 is 1.63. The molecule has 10 heteroatoms. The Balaban J connectivity index is 1.63. The molecule has 0 aliphatic heterocycles. The monoisotopic (exact) mass is 370 g/mol. The molecule has 0 aliphatic rings. The molecule has 8 nitrogen and oxygen atoms in total. The molecule has 3 N–H and O–H groups in total. The first-order chi connectivity index (χ1) is 12.2. The molecule has 0 saturated carbocycles. The van der Waals surface area contributed by atoms with Crippen molar-refractivity contribution < 1.29 is 0 Å². The van der Waals surface area contributed by atoms with E-state index in [1.807, 2.05) is 18.2 Å². The second kappa shape index (κ2) is 6.54. The first-order valence-corrected chi connectivity index (χ1v) is 8.31. The largest absolute Gasteiger partial charge is 0.384 e. The van der Waals surface area contributed by atoms with E-state index in [4.69, 9.17) is 17.3 Å². The van der Waals surface area contributed by atoms with Crippen molar-refractivity contribution in [1.82, 2.24) is 29.4 Å². The number of benzene rings is 1. The predicted octanol–water partition coefficient (Wildman–Crippen LogP) is 3.15. The van der Waals surface area contributed by atoms with Crippen LogP contribution in [0.2, 0.25) is 5.02 Å². The maximum Gasteiger partial charge on any atom is 0.141 e. The first-order valence-electron chi connectivity index (χ1n) is 7.16. The Morgan fingerprint density at radius 3 is 2.88 bits per heavy atom. The summed E-state index contributed by atoms with van der Waals surface area (Å²) in [6.45, 7) is 0. The Labute approximate surface area is 151 Å².